The van der Waals surface area contributed by atoms with Gasteiger partial charge in [0.2, 0.25) is 5.88 Å². The zero-order valence-corrected chi connectivity index (χ0v) is 19.2. The summed E-state index contributed by atoms with van der Waals surface area (Å²) in [5, 5.41) is 0. The van der Waals surface area contributed by atoms with E-state index in [4.69, 9.17) is 19.9 Å². The van der Waals surface area contributed by atoms with Gasteiger partial charge in [0, 0.05) is 22.0 Å². The van der Waals surface area contributed by atoms with Crippen LogP contribution in [0.4, 0.5) is 0 Å². The summed E-state index contributed by atoms with van der Waals surface area (Å²) in [6, 6.07) is 15.5. The van der Waals surface area contributed by atoms with Gasteiger partial charge in [-0.1, -0.05) is 24.3 Å². The third kappa shape index (κ3) is 4.46. The van der Waals surface area contributed by atoms with E-state index < -0.39 is 11.9 Å². The van der Waals surface area contributed by atoms with Crippen molar-refractivity contribution < 1.29 is 23.8 Å². The Hall–Kier alpha value is -2.81. The summed E-state index contributed by atoms with van der Waals surface area (Å²) in [5.74, 6) is -0.0234. The van der Waals surface area contributed by atoms with Crippen molar-refractivity contribution in [1.29, 1.82) is 0 Å². The summed E-state index contributed by atoms with van der Waals surface area (Å²) >= 11 is 2.26. The molecule has 0 aromatic heterocycles. The van der Waals surface area contributed by atoms with Crippen LogP contribution in [0.2, 0.25) is 0 Å². The molecule has 0 fully saturated rings. The molecule has 160 valence electrons. The van der Waals surface area contributed by atoms with Crippen LogP contribution in [-0.4, -0.2) is 18.9 Å². The first-order valence-corrected chi connectivity index (χ1v) is 11.0. The molecule has 0 spiro atoms. The summed E-state index contributed by atoms with van der Waals surface area (Å²) in [7, 11) is 1.29. The minimum atomic E-state index is -0.616. The predicted molar refractivity (Wildman–Crippen MR) is 123 cm³/mol. The summed E-state index contributed by atoms with van der Waals surface area (Å²) in [6.07, 6.45) is 1.74. The lowest BCUT2D eigenvalue weighted by molar-refractivity contribution is -0.136. The largest absolute Gasteiger partial charge is 0.489 e. The molecule has 4 rings (SSSR count). The number of ether oxygens (including phenoxy) is 3. The van der Waals surface area contributed by atoms with Crippen LogP contribution in [0.25, 0.3) is 0 Å². The molecule has 0 radical (unpaired) electrons. The second kappa shape index (κ2) is 9.13. The number of hydrogen-bond donors (Lipinski definition) is 1. The van der Waals surface area contributed by atoms with Gasteiger partial charge < -0.3 is 19.9 Å². The Balaban J connectivity index is 1.62. The first-order chi connectivity index (χ1) is 15.0. The van der Waals surface area contributed by atoms with Crippen molar-refractivity contribution in [3.05, 3.63) is 86.0 Å². The summed E-state index contributed by atoms with van der Waals surface area (Å²) < 4.78 is 17.6. The fraction of sp³-hybridized carbons (Fsp3) is 0.250. The molecule has 0 saturated carbocycles. The quantitative estimate of drug-likeness (QED) is 0.457. The Morgan fingerprint density at radius 3 is 2.52 bits per heavy atom. The van der Waals surface area contributed by atoms with E-state index in [1.165, 1.54) is 10.7 Å². The number of esters is 1. The van der Waals surface area contributed by atoms with E-state index in [1.54, 1.807) is 0 Å². The number of benzene rings is 2. The van der Waals surface area contributed by atoms with Gasteiger partial charge in [0.25, 0.3) is 0 Å². The summed E-state index contributed by atoms with van der Waals surface area (Å²) in [5.41, 5.74) is 8.55. The van der Waals surface area contributed by atoms with Crippen LogP contribution >= 0.6 is 22.6 Å². The molecule has 2 aliphatic rings. The monoisotopic (exact) mass is 531 g/mol. The average molecular weight is 531 g/mol. The number of nitrogens with two attached hydrogens (primary N) is 1. The molecule has 2 N–H and O–H groups in total. The first-order valence-electron chi connectivity index (χ1n) is 9.97. The number of allylic oxidation sites excluding steroid dienone is 2. The molecular weight excluding hydrogens is 509 g/mol. The van der Waals surface area contributed by atoms with E-state index in [9.17, 15) is 9.59 Å². The Labute approximate surface area is 194 Å². The Morgan fingerprint density at radius 1 is 1.13 bits per heavy atom. The van der Waals surface area contributed by atoms with E-state index in [0.717, 1.165) is 11.1 Å². The molecule has 7 heteroatoms. The van der Waals surface area contributed by atoms with Crippen LogP contribution in [0.5, 0.6) is 5.75 Å². The molecule has 0 saturated heterocycles. The number of carbonyl (C=O) groups excluding carboxylic acids is 2. The van der Waals surface area contributed by atoms with E-state index >= 15 is 0 Å². The number of halogens is 1. The van der Waals surface area contributed by atoms with E-state index in [-0.39, 0.29) is 17.2 Å². The Morgan fingerprint density at radius 2 is 1.84 bits per heavy atom. The van der Waals surface area contributed by atoms with Crippen LogP contribution in [0.1, 0.15) is 36.3 Å². The van der Waals surface area contributed by atoms with Crippen molar-refractivity contribution in [1.82, 2.24) is 0 Å². The average Bonchev–Trinajstić information content (AvgIpc) is 2.78. The maximum atomic E-state index is 12.7. The smallest absolute Gasteiger partial charge is 0.340 e. The highest BCUT2D eigenvalue weighted by atomic mass is 127. The number of methoxy groups -OCH3 is 1. The number of ketones is 1. The molecule has 1 aliphatic heterocycles. The normalized spacial score (nSPS) is 18.4. The van der Waals surface area contributed by atoms with Crippen LogP contribution in [-0.2, 0) is 25.7 Å². The van der Waals surface area contributed by atoms with Gasteiger partial charge in [-0.05, 0) is 64.4 Å². The third-order valence-corrected chi connectivity index (χ3v) is 6.14. The Kier molecular flexibility index (Phi) is 6.31. The van der Waals surface area contributed by atoms with Crippen molar-refractivity contribution in [2.45, 2.75) is 31.8 Å². The van der Waals surface area contributed by atoms with Gasteiger partial charge in [-0.15, -0.1) is 0 Å². The maximum absolute atomic E-state index is 12.7. The van der Waals surface area contributed by atoms with Crippen molar-refractivity contribution in [3.8, 4) is 5.75 Å². The van der Waals surface area contributed by atoms with Crippen LogP contribution in [0, 0.1) is 3.57 Å². The van der Waals surface area contributed by atoms with Gasteiger partial charge in [-0.2, -0.15) is 0 Å². The van der Waals surface area contributed by atoms with Crippen LogP contribution in [0.15, 0.2) is 71.3 Å². The molecule has 31 heavy (non-hydrogen) atoms. The molecule has 1 aliphatic carbocycles. The molecule has 1 heterocycles. The second-order valence-electron chi connectivity index (χ2n) is 7.40. The highest BCUT2D eigenvalue weighted by molar-refractivity contribution is 14.1. The molecule has 1 atom stereocenters. The van der Waals surface area contributed by atoms with Crippen molar-refractivity contribution in [2.75, 3.05) is 7.11 Å². The lowest BCUT2D eigenvalue weighted by Crippen LogP contribution is -2.31. The SMILES string of the molecule is COC(=O)C1=C(N)OC2=C(C(=O)CCC2)[C@@H]1c1ccc(OCc2ccc(I)cc2)cc1. The third-order valence-electron chi connectivity index (χ3n) is 5.42. The lowest BCUT2D eigenvalue weighted by Gasteiger charge is -2.32. The minimum Gasteiger partial charge on any atom is -0.489 e. The van der Waals surface area contributed by atoms with E-state index in [1.807, 2.05) is 48.5 Å². The minimum absolute atomic E-state index is 0.00987. The standard InChI is InChI=1S/C24H22INO5/c1-29-24(28)22-20(21-18(27)3-2-4-19(21)31-23(22)26)15-7-11-17(12-8-15)30-13-14-5-9-16(25)10-6-14/h5-12,20H,2-4,13,26H2,1H3/t20-/m0/s1. The summed E-state index contributed by atoms with van der Waals surface area (Å²) in [6.45, 7) is 0.446. The number of rotatable bonds is 5. The van der Waals surface area contributed by atoms with Gasteiger partial charge in [-0.25, -0.2) is 4.79 Å². The van der Waals surface area contributed by atoms with Gasteiger partial charge in [-0.3, -0.25) is 4.79 Å². The van der Waals surface area contributed by atoms with Crippen molar-refractivity contribution in [2.24, 2.45) is 5.73 Å². The van der Waals surface area contributed by atoms with Gasteiger partial charge in [0.15, 0.2) is 5.78 Å². The van der Waals surface area contributed by atoms with E-state index in [0.29, 0.717) is 43.0 Å². The fourth-order valence-electron chi connectivity index (χ4n) is 3.90. The van der Waals surface area contributed by atoms with Crippen molar-refractivity contribution >= 4 is 34.3 Å². The topological polar surface area (TPSA) is 87.9 Å². The zero-order valence-electron chi connectivity index (χ0n) is 17.0. The van der Waals surface area contributed by atoms with E-state index in [2.05, 4.69) is 22.6 Å². The number of carbonyl (C=O) groups is 2. The van der Waals surface area contributed by atoms with Gasteiger partial charge >= 0.3 is 5.97 Å². The fourth-order valence-corrected chi connectivity index (χ4v) is 4.26. The van der Waals surface area contributed by atoms with Crippen molar-refractivity contribution in [3.63, 3.8) is 0 Å². The van der Waals surface area contributed by atoms with Crippen LogP contribution < -0.4 is 10.5 Å². The maximum Gasteiger partial charge on any atom is 0.340 e. The predicted octanol–water partition coefficient (Wildman–Crippen LogP) is 4.33. The number of Topliss-reactive ketones (excluding diaryl/α,β-unsaturated/α-hetero) is 1. The zero-order chi connectivity index (χ0) is 22.0. The molecule has 0 unspecified atom stereocenters. The second-order valence-corrected chi connectivity index (χ2v) is 8.65. The highest BCUT2D eigenvalue weighted by Gasteiger charge is 2.41. The van der Waals surface area contributed by atoms with Gasteiger partial charge in [0.1, 0.15) is 23.7 Å². The lowest BCUT2D eigenvalue weighted by atomic mass is 9.77. The first kappa shape index (κ1) is 21.4. The molecule has 0 amide bonds. The molecule has 0 bridgehead atoms. The van der Waals surface area contributed by atoms with Crippen LogP contribution in [0.3, 0.4) is 0 Å². The Bertz CT molecular complexity index is 1070. The number of hydrogen-bond acceptors (Lipinski definition) is 6. The highest BCUT2D eigenvalue weighted by Crippen LogP contribution is 2.44. The molecular formula is C24H22INO5. The van der Waals surface area contributed by atoms with Gasteiger partial charge in [0.05, 0.1) is 13.0 Å². The molecule has 6 nitrogen and oxygen atoms in total. The molecule has 2 aromatic rings. The summed E-state index contributed by atoms with van der Waals surface area (Å²) in [4.78, 5) is 25.2. The molecule has 2 aromatic carbocycles.